The molecule has 0 spiro atoms. The number of rotatable bonds is 0. The number of benzene rings is 1. The average Bonchev–Trinajstić information content (AvgIpc) is 2.03. The molecule has 0 bridgehead atoms. The minimum atomic E-state index is 0.731. The first-order valence-corrected chi connectivity index (χ1v) is 4.53. The van der Waals surface area contributed by atoms with Gasteiger partial charge in [-0.2, -0.15) is 5.26 Å². The number of nitriles is 1. The predicted octanol–water partition coefficient (Wildman–Crippen LogP) is 3.53. The molecule has 0 unspecified atom stereocenters. The lowest BCUT2D eigenvalue weighted by molar-refractivity contribution is 0.737. The summed E-state index contributed by atoms with van der Waals surface area (Å²) in [6.07, 6.45) is 0. The van der Waals surface area contributed by atoms with Crippen molar-refractivity contribution < 1.29 is 0 Å². The Hall–Kier alpha value is -1.29. The number of aryl methyl sites for hydroxylation is 1. The highest BCUT2D eigenvalue weighted by Crippen LogP contribution is 2.00. The van der Waals surface area contributed by atoms with E-state index in [9.17, 15) is 0 Å². The highest BCUT2D eigenvalue weighted by molar-refractivity contribution is 5.31. The highest BCUT2D eigenvalue weighted by atomic mass is 14.2. The summed E-state index contributed by atoms with van der Waals surface area (Å²) in [4.78, 5) is 0. The lowest BCUT2D eigenvalue weighted by Gasteiger charge is -1.88. The fourth-order valence-electron chi connectivity index (χ4n) is 0.715. The zero-order valence-electron chi connectivity index (χ0n) is 8.83. The third kappa shape index (κ3) is 7.08. The Kier molecular flexibility index (Phi) is 5.63. The molecule has 0 aliphatic heterocycles. The molecule has 0 fully saturated rings. The van der Waals surface area contributed by atoms with Crippen molar-refractivity contribution in [3.05, 3.63) is 35.4 Å². The van der Waals surface area contributed by atoms with Gasteiger partial charge in [-0.1, -0.05) is 32.9 Å². The maximum absolute atomic E-state index is 8.41. The first-order chi connectivity index (χ1) is 6.06. The van der Waals surface area contributed by atoms with Gasteiger partial charge in [0, 0.05) is 0 Å². The van der Waals surface area contributed by atoms with E-state index in [4.69, 9.17) is 5.26 Å². The summed E-state index contributed by atoms with van der Waals surface area (Å²) in [5.74, 6) is 0.833. The topological polar surface area (TPSA) is 23.8 Å². The summed E-state index contributed by atoms with van der Waals surface area (Å²) in [7, 11) is 0. The van der Waals surface area contributed by atoms with Crippen LogP contribution in [0.2, 0.25) is 0 Å². The van der Waals surface area contributed by atoms with Crippen LogP contribution in [0.25, 0.3) is 0 Å². The first-order valence-electron chi connectivity index (χ1n) is 4.53. The second-order valence-electron chi connectivity index (χ2n) is 3.71. The van der Waals surface area contributed by atoms with Gasteiger partial charge < -0.3 is 0 Å². The molecule has 0 aliphatic carbocycles. The fourth-order valence-corrected chi connectivity index (χ4v) is 0.715. The Morgan fingerprint density at radius 2 is 1.77 bits per heavy atom. The van der Waals surface area contributed by atoms with Crippen LogP contribution in [0.1, 0.15) is 31.9 Å². The second kappa shape index (κ2) is 6.25. The molecule has 0 saturated heterocycles. The summed E-state index contributed by atoms with van der Waals surface area (Å²) in [6.45, 7) is 8.47. The van der Waals surface area contributed by atoms with E-state index in [0.717, 1.165) is 17.0 Å². The molecule has 0 atom stereocenters. The summed E-state index contributed by atoms with van der Waals surface area (Å²) in [5.41, 5.74) is 1.86. The van der Waals surface area contributed by atoms with Crippen molar-refractivity contribution in [2.75, 3.05) is 0 Å². The smallest absolute Gasteiger partial charge is 0.0991 e. The maximum Gasteiger partial charge on any atom is 0.0991 e. The Labute approximate surface area is 81.0 Å². The van der Waals surface area contributed by atoms with Gasteiger partial charge >= 0.3 is 0 Å². The van der Waals surface area contributed by atoms with Gasteiger partial charge in [-0.3, -0.25) is 0 Å². The van der Waals surface area contributed by atoms with Gasteiger partial charge in [-0.15, -0.1) is 0 Å². The molecule has 0 saturated carbocycles. The molecular formula is C12H17N. The van der Waals surface area contributed by atoms with Crippen molar-refractivity contribution in [3.63, 3.8) is 0 Å². The summed E-state index contributed by atoms with van der Waals surface area (Å²) in [6, 6.07) is 9.58. The van der Waals surface area contributed by atoms with Crippen molar-refractivity contribution >= 4 is 0 Å². The van der Waals surface area contributed by atoms with Gasteiger partial charge in [0.1, 0.15) is 0 Å². The third-order valence-corrected chi connectivity index (χ3v) is 1.15. The SMILES string of the molecule is CC(C)C.Cc1cccc(C#N)c1. The average molecular weight is 175 g/mol. The molecule has 0 N–H and O–H groups in total. The minimum absolute atomic E-state index is 0.731. The normalized spacial score (nSPS) is 8.62. The molecule has 0 amide bonds. The van der Waals surface area contributed by atoms with E-state index >= 15 is 0 Å². The molecule has 70 valence electrons. The summed E-state index contributed by atoms with van der Waals surface area (Å²) < 4.78 is 0. The van der Waals surface area contributed by atoms with E-state index in [1.165, 1.54) is 0 Å². The number of nitrogens with zero attached hydrogens (tertiary/aromatic N) is 1. The van der Waals surface area contributed by atoms with Crippen molar-refractivity contribution in [1.29, 1.82) is 5.26 Å². The number of hydrogen-bond donors (Lipinski definition) is 0. The third-order valence-electron chi connectivity index (χ3n) is 1.15. The van der Waals surface area contributed by atoms with Gasteiger partial charge in [0.25, 0.3) is 0 Å². The molecular weight excluding hydrogens is 158 g/mol. The van der Waals surface area contributed by atoms with Gasteiger partial charge in [0.05, 0.1) is 11.6 Å². The van der Waals surface area contributed by atoms with E-state index in [0.29, 0.717) is 0 Å². The lowest BCUT2D eigenvalue weighted by atomic mass is 10.2. The van der Waals surface area contributed by atoms with Crippen LogP contribution in [0.3, 0.4) is 0 Å². The van der Waals surface area contributed by atoms with Gasteiger partial charge in [0.2, 0.25) is 0 Å². The molecule has 1 aromatic rings. The molecule has 0 heterocycles. The van der Waals surface area contributed by atoms with E-state index in [1.54, 1.807) is 6.07 Å². The minimum Gasteiger partial charge on any atom is -0.192 e. The molecule has 0 radical (unpaired) electrons. The zero-order chi connectivity index (χ0) is 10.3. The molecule has 1 nitrogen and oxygen atoms in total. The zero-order valence-corrected chi connectivity index (χ0v) is 8.83. The Balaban J connectivity index is 0.000000310. The van der Waals surface area contributed by atoms with Crippen molar-refractivity contribution in [2.45, 2.75) is 27.7 Å². The first kappa shape index (κ1) is 11.7. The second-order valence-corrected chi connectivity index (χ2v) is 3.71. The molecule has 13 heavy (non-hydrogen) atoms. The van der Waals surface area contributed by atoms with Gasteiger partial charge in [-0.25, -0.2) is 0 Å². The van der Waals surface area contributed by atoms with Crippen LogP contribution in [-0.4, -0.2) is 0 Å². The van der Waals surface area contributed by atoms with E-state index in [-0.39, 0.29) is 0 Å². The molecule has 0 aliphatic rings. The largest absolute Gasteiger partial charge is 0.192 e. The van der Waals surface area contributed by atoms with Gasteiger partial charge in [-0.05, 0) is 30.5 Å². The van der Waals surface area contributed by atoms with Crippen LogP contribution in [0.4, 0.5) is 0 Å². The Bertz CT molecular complexity index is 279. The molecule has 0 aromatic heterocycles. The van der Waals surface area contributed by atoms with Crippen molar-refractivity contribution in [2.24, 2.45) is 5.92 Å². The molecule has 1 rings (SSSR count). The summed E-state index contributed by atoms with van der Waals surface area (Å²) in [5, 5.41) is 8.41. The van der Waals surface area contributed by atoms with E-state index in [2.05, 4.69) is 26.8 Å². The summed E-state index contributed by atoms with van der Waals surface area (Å²) >= 11 is 0. The Morgan fingerprint density at radius 3 is 2.08 bits per heavy atom. The number of hydrogen-bond acceptors (Lipinski definition) is 1. The maximum atomic E-state index is 8.41. The van der Waals surface area contributed by atoms with Crippen molar-refractivity contribution in [1.82, 2.24) is 0 Å². The predicted molar refractivity (Wildman–Crippen MR) is 56.4 cm³/mol. The van der Waals surface area contributed by atoms with Crippen LogP contribution in [0, 0.1) is 24.2 Å². The van der Waals surface area contributed by atoms with Crippen LogP contribution in [-0.2, 0) is 0 Å². The fraction of sp³-hybridized carbons (Fsp3) is 0.417. The van der Waals surface area contributed by atoms with E-state index < -0.39 is 0 Å². The quantitative estimate of drug-likeness (QED) is 0.591. The van der Waals surface area contributed by atoms with Crippen LogP contribution >= 0.6 is 0 Å². The molecule has 1 heteroatoms. The van der Waals surface area contributed by atoms with Crippen molar-refractivity contribution in [3.8, 4) is 6.07 Å². The molecule has 1 aromatic carbocycles. The highest BCUT2D eigenvalue weighted by Gasteiger charge is 1.86. The Morgan fingerprint density at radius 1 is 1.23 bits per heavy atom. The van der Waals surface area contributed by atoms with Crippen LogP contribution in [0.5, 0.6) is 0 Å². The van der Waals surface area contributed by atoms with E-state index in [1.807, 2.05) is 25.1 Å². The van der Waals surface area contributed by atoms with Gasteiger partial charge in [0.15, 0.2) is 0 Å². The lowest BCUT2D eigenvalue weighted by Crippen LogP contribution is -1.73. The van der Waals surface area contributed by atoms with Crippen LogP contribution < -0.4 is 0 Å². The standard InChI is InChI=1S/C8H7N.C4H10/c1-7-3-2-4-8(5-7)6-9;1-4(2)3/h2-5H,1H3;4H,1-3H3. The van der Waals surface area contributed by atoms with Crippen LogP contribution in [0.15, 0.2) is 24.3 Å². The monoisotopic (exact) mass is 175 g/mol.